The van der Waals surface area contributed by atoms with Crippen molar-refractivity contribution < 1.29 is 13.5 Å². The molecule has 1 aromatic carbocycles. The average molecular weight is 463 g/mol. The molecule has 7 nitrogen and oxygen atoms in total. The molecule has 0 radical (unpaired) electrons. The van der Waals surface area contributed by atoms with E-state index in [2.05, 4.69) is 11.0 Å². The summed E-state index contributed by atoms with van der Waals surface area (Å²) in [5, 5.41) is 9.62. The molecule has 3 aromatic rings. The molecule has 1 aliphatic heterocycles. The molecule has 34 heavy (non-hydrogen) atoms. The van der Waals surface area contributed by atoms with Crippen LogP contribution in [0.25, 0.3) is 11.3 Å². The van der Waals surface area contributed by atoms with Gasteiger partial charge in [-0.3, -0.25) is 4.79 Å². The van der Waals surface area contributed by atoms with Crippen molar-refractivity contribution in [1.29, 1.82) is 5.26 Å². The Morgan fingerprint density at radius 2 is 1.94 bits per heavy atom. The van der Waals surface area contributed by atoms with Gasteiger partial charge in [-0.1, -0.05) is 0 Å². The minimum Gasteiger partial charge on any atom is -0.487 e. The number of halogens is 2. The van der Waals surface area contributed by atoms with Gasteiger partial charge in [-0.15, -0.1) is 0 Å². The minimum absolute atomic E-state index is 0.0427. The predicted molar refractivity (Wildman–Crippen MR) is 121 cm³/mol. The first-order valence-corrected chi connectivity index (χ1v) is 11.2. The molecular weight excluding hydrogens is 440 g/mol. The molecule has 0 atom stereocenters. The highest BCUT2D eigenvalue weighted by Gasteiger charge is 2.47. The molecular formula is C25H23F2N5O2. The van der Waals surface area contributed by atoms with E-state index in [0.717, 1.165) is 24.5 Å². The molecule has 0 spiro atoms. The summed E-state index contributed by atoms with van der Waals surface area (Å²) < 4.78 is 34.4. The zero-order valence-corrected chi connectivity index (χ0v) is 18.7. The second-order valence-corrected chi connectivity index (χ2v) is 8.87. The van der Waals surface area contributed by atoms with E-state index >= 15 is 0 Å². The molecule has 174 valence electrons. The van der Waals surface area contributed by atoms with E-state index in [-0.39, 0.29) is 17.4 Å². The lowest BCUT2D eigenvalue weighted by atomic mass is 10.0. The number of ether oxygens (including phenoxy) is 1. The standard InChI is InChI=1S/C25H23F2N5O2/c1-31-14-16(2-5-22(31)33)23-24(29-13-21(30-23)25(15-28)8-9-25)32-10-6-18(7-11-32)34-20-4-3-17(26)12-19(20)27/h2-5,12-14,18H,6-11H2,1H3. The van der Waals surface area contributed by atoms with Crippen molar-refractivity contribution in [3.63, 3.8) is 0 Å². The van der Waals surface area contributed by atoms with Crippen molar-refractivity contribution in [1.82, 2.24) is 14.5 Å². The van der Waals surface area contributed by atoms with Gasteiger partial charge in [0.05, 0.1) is 18.0 Å². The SMILES string of the molecule is Cn1cc(-c2nc(C3(C#N)CC3)cnc2N2CCC(Oc3ccc(F)cc3F)CC2)ccc1=O. The van der Waals surface area contributed by atoms with Crippen molar-refractivity contribution >= 4 is 5.82 Å². The third kappa shape index (κ3) is 4.12. The van der Waals surface area contributed by atoms with Crippen LogP contribution in [0, 0.1) is 23.0 Å². The quantitative estimate of drug-likeness (QED) is 0.574. The normalized spacial score (nSPS) is 17.3. The molecule has 2 fully saturated rings. The van der Waals surface area contributed by atoms with Gasteiger partial charge in [0.25, 0.3) is 0 Å². The number of nitriles is 1. The number of pyridine rings is 1. The topological polar surface area (TPSA) is 84.0 Å². The molecule has 1 aliphatic carbocycles. The van der Waals surface area contributed by atoms with Crippen molar-refractivity contribution in [2.45, 2.75) is 37.2 Å². The number of hydrogen-bond donors (Lipinski definition) is 0. The van der Waals surface area contributed by atoms with E-state index in [9.17, 15) is 18.8 Å². The molecule has 9 heteroatoms. The van der Waals surface area contributed by atoms with Crippen LogP contribution in [0.3, 0.4) is 0 Å². The Morgan fingerprint density at radius 1 is 1.18 bits per heavy atom. The molecule has 0 amide bonds. The summed E-state index contributed by atoms with van der Waals surface area (Å²) in [6, 6.07) is 8.87. The molecule has 0 N–H and O–H groups in total. The first kappa shape index (κ1) is 22.0. The lowest BCUT2D eigenvalue weighted by Gasteiger charge is -2.34. The maximum absolute atomic E-state index is 14.0. The number of aryl methyl sites for hydroxylation is 1. The molecule has 3 heterocycles. The van der Waals surface area contributed by atoms with E-state index in [1.165, 1.54) is 22.8 Å². The summed E-state index contributed by atoms with van der Waals surface area (Å²) in [5.41, 5.74) is 1.30. The Labute approximate surface area is 195 Å². The average Bonchev–Trinajstić information content (AvgIpc) is 3.64. The van der Waals surface area contributed by atoms with Crippen LogP contribution in [-0.2, 0) is 12.5 Å². The maximum Gasteiger partial charge on any atom is 0.250 e. The van der Waals surface area contributed by atoms with Crippen LogP contribution in [0.5, 0.6) is 5.75 Å². The summed E-state index contributed by atoms with van der Waals surface area (Å²) >= 11 is 0. The summed E-state index contributed by atoms with van der Waals surface area (Å²) in [7, 11) is 1.68. The van der Waals surface area contributed by atoms with Gasteiger partial charge >= 0.3 is 0 Å². The van der Waals surface area contributed by atoms with Gasteiger partial charge in [-0.2, -0.15) is 5.26 Å². The number of piperidine rings is 1. The van der Waals surface area contributed by atoms with Crippen molar-refractivity contribution in [3.8, 4) is 23.1 Å². The molecule has 1 saturated heterocycles. The third-order valence-corrected chi connectivity index (χ3v) is 6.50. The fourth-order valence-electron chi connectivity index (χ4n) is 4.26. The first-order valence-electron chi connectivity index (χ1n) is 11.2. The molecule has 2 aromatic heterocycles. The van der Waals surface area contributed by atoms with E-state index in [0.29, 0.717) is 43.1 Å². The van der Waals surface area contributed by atoms with Gasteiger partial charge in [-0.05, 0) is 31.0 Å². The highest BCUT2D eigenvalue weighted by molar-refractivity contribution is 5.72. The van der Waals surface area contributed by atoms with Crippen LogP contribution in [0.4, 0.5) is 14.6 Å². The largest absolute Gasteiger partial charge is 0.487 e. The molecule has 2 aliphatic rings. The van der Waals surface area contributed by atoms with Crippen molar-refractivity contribution in [2.24, 2.45) is 7.05 Å². The Morgan fingerprint density at radius 3 is 2.59 bits per heavy atom. The Hall–Kier alpha value is -3.80. The maximum atomic E-state index is 14.0. The van der Waals surface area contributed by atoms with Crippen molar-refractivity contribution in [3.05, 3.63) is 70.4 Å². The fourth-order valence-corrected chi connectivity index (χ4v) is 4.26. The van der Waals surface area contributed by atoms with Crippen LogP contribution in [-0.4, -0.2) is 33.7 Å². The van der Waals surface area contributed by atoms with Crippen LogP contribution in [0.2, 0.25) is 0 Å². The zero-order chi connectivity index (χ0) is 23.9. The summed E-state index contributed by atoms with van der Waals surface area (Å²) in [5.74, 6) is -0.645. The van der Waals surface area contributed by atoms with E-state index in [4.69, 9.17) is 14.7 Å². The second-order valence-electron chi connectivity index (χ2n) is 8.87. The van der Waals surface area contributed by atoms with Gasteiger partial charge in [0.2, 0.25) is 5.56 Å². The van der Waals surface area contributed by atoms with Crippen molar-refractivity contribution in [2.75, 3.05) is 18.0 Å². The van der Waals surface area contributed by atoms with Gasteiger partial charge < -0.3 is 14.2 Å². The van der Waals surface area contributed by atoms with E-state index in [1.54, 1.807) is 25.5 Å². The molecule has 0 unspecified atom stereocenters. The lowest BCUT2D eigenvalue weighted by Crippen LogP contribution is -2.39. The number of rotatable bonds is 5. The Kier molecular flexibility index (Phi) is 5.52. The highest BCUT2D eigenvalue weighted by atomic mass is 19.1. The van der Waals surface area contributed by atoms with Crippen LogP contribution >= 0.6 is 0 Å². The summed E-state index contributed by atoms with van der Waals surface area (Å²) in [4.78, 5) is 23.5. The third-order valence-electron chi connectivity index (χ3n) is 6.50. The Bertz CT molecular complexity index is 1340. The van der Waals surface area contributed by atoms with E-state index in [1.807, 2.05) is 0 Å². The molecule has 1 saturated carbocycles. The number of benzene rings is 1. The van der Waals surface area contributed by atoms with Gasteiger partial charge in [-0.25, -0.2) is 18.7 Å². The monoisotopic (exact) mass is 463 g/mol. The summed E-state index contributed by atoms with van der Waals surface area (Å²) in [6.45, 7) is 1.20. The van der Waals surface area contributed by atoms with Gasteiger partial charge in [0, 0.05) is 56.9 Å². The van der Waals surface area contributed by atoms with Crippen LogP contribution < -0.4 is 15.2 Å². The van der Waals surface area contributed by atoms with Gasteiger partial charge in [0.15, 0.2) is 17.4 Å². The fraction of sp³-hybridized carbons (Fsp3) is 0.360. The van der Waals surface area contributed by atoms with Gasteiger partial charge in [0.1, 0.15) is 23.0 Å². The zero-order valence-electron chi connectivity index (χ0n) is 18.7. The van der Waals surface area contributed by atoms with E-state index < -0.39 is 17.0 Å². The minimum atomic E-state index is -0.715. The summed E-state index contributed by atoms with van der Waals surface area (Å²) in [6.07, 6.45) is 5.94. The first-order chi connectivity index (χ1) is 16.4. The highest BCUT2D eigenvalue weighted by Crippen LogP contribution is 2.47. The Balaban J connectivity index is 1.40. The molecule has 5 rings (SSSR count). The number of aromatic nitrogens is 3. The lowest BCUT2D eigenvalue weighted by molar-refractivity contribution is 0.163. The smallest absolute Gasteiger partial charge is 0.250 e. The van der Waals surface area contributed by atoms with Crippen LogP contribution in [0.1, 0.15) is 31.4 Å². The number of nitrogens with zero attached hydrogens (tertiary/aromatic N) is 5. The predicted octanol–water partition coefficient (Wildman–Crippen LogP) is 3.72. The number of anilines is 1. The second kappa shape index (κ2) is 8.52. The number of hydrogen-bond acceptors (Lipinski definition) is 6. The van der Waals surface area contributed by atoms with Crippen LogP contribution in [0.15, 0.2) is 47.5 Å². The molecule has 0 bridgehead atoms.